The number of carbonyl (C=O) groups is 1. The number of carbonyl (C=O) groups excluding carboxylic acids is 1. The minimum atomic E-state index is -0.0494. The Labute approximate surface area is 98.9 Å². The molecule has 3 heteroatoms. The molecule has 0 spiro atoms. The first-order valence-electron chi connectivity index (χ1n) is 6.72. The minimum absolute atomic E-state index is 0.0494. The van der Waals surface area contributed by atoms with Gasteiger partial charge in [-0.15, -0.1) is 0 Å². The van der Waals surface area contributed by atoms with Gasteiger partial charge in [0.2, 0.25) is 0 Å². The Morgan fingerprint density at radius 1 is 1.25 bits per heavy atom. The second-order valence-electron chi connectivity index (χ2n) is 4.63. The second kappa shape index (κ2) is 8.57. The highest BCUT2D eigenvalue weighted by atomic mass is 16.5. The lowest BCUT2D eigenvalue weighted by Gasteiger charge is -2.22. The van der Waals surface area contributed by atoms with Crippen LogP contribution in [-0.2, 0) is 9.53 Å². The molecule has 1 saturated heterocycles. The van der Waals surface area contributed by atoms with Crippen molar-refractivity contribution in [3.63, 3.8) is 0 Å². The number of esters is 1. The van der Waals surface area contributed by atoms with Crippen molar-refractivity contribution in [2.75, 3.05) is 13.2 Å². The molecular formula is C13H25NO2. The Morgan fingerprint density at radius 2 is 2.00 bits per heavy atom. The lowest BCUT2D eigenvalue weighted by Crippen LogP contribution is -2.37. The first-order valence-corrected chi connectivity index (χ1v) is 6.72. The van der Waals surface area contributed by atoms with Crippen LogP contribution in [0.3, 0.4) is 0 Å². The molecule has 94 valence electrons. The average Bonchev–Trinajstić information content (AvgIpc) is 2.28. The zero-order valence-electron chi connectivity index (χ0n) is 10.5. The Bertz CT molecular complexity index is 194. The quantitative estimate of drug-likeness (QED) is 0.512. The number of hydrogen-bond acceptors (Lipinski definition) is 3. The van der Waals surface area contributed by atoms with Gasteiger partial charge in [-0.3, -0.25) is 4.79 Å². The number of nitrogens with one attached hydrogen (secondary N) is 1. The molecule has 0 bridgehead atoms. The molecule has 1 rings (SSSR count). The molecule has 1 N–H and O–H groups in total. The number of unbranched alkanes of at least 4 members (excludes halogenated alkanes) is 5. The zero-order valence-corrected chi connectivity index (χ0v) is 10.5. The van der Waals surface area contributed by atoms with E-state index in [-0.39, 0.29) is 5.97 Å². The number of hydrogen-bond donors (Lipinski definition) is 1. The summed E-state index contributed by atoms with van der Waals surface area (Å²) in [5, 5.41) is 3.44. The van der Waals surface area contributed by atoms with Crippen molar-refractivity contribution in [2.45, 2.75) is 64.3 Å². The van der Waals surface area contributed by atoms with Crippen molar-refractivity contribution in [3.8, 4) is 0 Å². The molecule has 0 saturated carbocycles. The molecule has 0 aromatic rings. The van der Waals surface area contributed by atoms with Gasteiger partial charge in [0.1, 0.15) is 0 Å². The molecular weight excluding hydrogens is 202 g/mol. The fourth-order valence-corrected chi connectivity index (χ4v) is 2.06. The van der Waals surface area contributed by atoms with E-state index in [2.05, 4.69) is 12.2 Å². The fourth-order valence-electron chi connectivity index (χ4n) is 2.06. The van der Waals surface area contributed by atoms with Crippen molar-refractivity contribution < 1.29 is 9.53 Å². The monoisotopic (exact) mass is 227 g/mol. The normalized spacial score (nSPS) is 20.8. The summed E-state index contributed by atoms with van der Waals surface area (Å²) in [5.74, 6) is -0.0494. The fraction of sp³-hybridized carbons (Fsp3) is 0.923. The molecule has 1 fully saturated rings. The van der Waals surface area contributed by atoms with Gasteiger partial charge < -0.3 is 10.1 Å². The van der Waals surface area contributed by atoms with E-state index in [1.165, 1.54) is 38.5 Å². The summed E-state index contributed by atoms with van der Waals surface area (Å²) in [4.78, 5) is 11.0. The Balaban J connectivity index is 1.88. The molecule has 16 heavy (non-hydrogen) atoms. The first kappa shape index (κ1) is 13.5. The van der Waals surface area contributed by atoms with Crippen LogP contribution < -0.4 is 5.32 Å². The summed E-state index contributed by atoms with van der Waals surface area (Å²) in [6, 6.07) is 0.358. The maximum atomic E-state index is 11.0. The molecule has 1 aliphatic rings. The zero-order chi connectivity index (χ0) is 11.6. The van der Waals surface area contributed by atoms with E-state index in [9.17, 15) is 4.79 Å². The van der Waals surface area contributed by atoms with Gasteiger partial charge in [-0.05, 0) is 19.4 Å². The molecule has 3 nitrogen and oxygen atoms in total. The molecule has 0 aromatic heterocycles. The van der Waals surface area contributed by atoms with Crippen molar-refractivity contribution in [1.82, 2.24) is 5.32 Å². The summed E-state index contributed by atoms with van der Waals surface area (Å²) in [5.41, 5.74) is 0. The molecule has 0 amide bonds. The van der Waals surface area contributed by atoms with E-state index in [1.807, 2.05) is 0 Å². The van der Waals surface area contributed by atoms with Crippen LogP contribution in [0, 0.1) is 0 Å². The number of rotatable bonds is 8. The van der Waals surface area contributed by atoms with Gasteiger partial charge in [0.05, 0.1) is 13.0 Å². The van der Waals surface area contributed by atoms with E-state index in [4.69, 9.17) is 4.74 Å². The van der Waals surface area contributed by atoms with Gasteiger partial charge >= 0.3 is 5.97 Å². The Morgan fingerprint density at radius 3 is 2.75 bits per heavy atom. The molecule has 1 aliphatic heterocycles. The predicted octanol–water partition coefficient (Wildman–Crippen LogP) is 2.64. The minimum Gasteiger partial charge on any atom is -0.466 e. The molecule has 1 unspecified atom stereocenters. The highest BCUT2D eigenvalue weighted by Gasteiger charge is 2.19. The average molecular weight is 227 g/mol. The Hall–Kier alpha value is -0.570. The lowest BCUT2D eigenvalue weighted by molar-refractivity contribution is -0.147. The van der Waals surface area contributed by atoms with Crippen LogP contribution in [0.2, 0.25) is 0 Å². The van der Waals surface area contributed by atoms with Crippen LogP contribution in [0.1, 0.15) is 58.3 Å². The molecule has 1 atom stereocenters. The van der Waals surface area contributed by atoms with Crippen LogP contribution in [0.4, 0.5) is 0 Å². The molecule has 0 aromatic carbocycles. The van der Waals surface area contributed by atoms with Crippen LogP contribution in [0.5, 0.6) is 0 Å². The third-order valence-electron chi connectivity index (χ3n) is 3.11. The van der Waals surface area contributed by atoms with Crippen molar-refractivity contribution in [3.05, 3.63) is 0 Å². The standard InChI is InChI=1S/C13H25NO2/c1-2-3-4-5-6-7-9-14-12-8-10-16-13(15)11-12/h12,14H,2-11H2,1H3. The highest BCUT2D eigenvalue weighted by Crippen LogP contribution is 2.08. The molecule has 0 aliphatic carbocycles. The summed E-state index contributed by atoms with van der Waals surface area (Å²) in [7, 11) is 0. The van der Waals surface area contributed by atoms with Crippen molar-refractivity contribution >= 4 is 5.97 Å². The summed E-state index contributed by atoms with van der Waals surface area (Å²) in [6.07, 6.45) is 9.45. The summed E-state index contributed by atoms with van der Waals surface area (Å²) >= 11 is 0. The predicted molar refractivity (Wildman–Crippen MR) is 65.4 cm³/mol. The second-order valence-corrected chi connectivity index (χ2v) is 4.63. The van der Waals surface area contributed by atoms with Gasteiger partial charge in [-0.25, -0.2) is 0 Å². The van der Waals surface area contributed by atoms with Gasteiger partial charge in [0.25, 0.3) is 0 Å². The van der Waals surface area contributed by atoms with Crippen molar-refractivity contribution in [1.29, 1.82) is 0 Å². The van der Waals surface area contributed by atoms with E-state index < -0.39 is 0 Å². The SMILES string of the molecule is CCCCCCCCNC1CCOC(=O)C1. The maximum Gasteiger partial charge on any atom is 0.307 e. The lowest BCUT2D eigenvalue weighted by atomic mass is 10.1. The third kappa shape index (κ3) is 6.11. The molecule has 1 heterocycles. The topological polar surface area (TPSA) is 38.3 Å². The number of cyclic esters (lactones) is 1. The van der Waals surface area contributed by atoms with Gasteiger partial charge in [-0.2, -0.15) is 0 Å². The van der Waals surface area contributed by atoms with Gasteiger partial charge in [0, 0.05) is 6.04 Å². The van der Waals surface area contributed by atoms with Crippen LogP contribution in [0.25, 0.3) is 0 Å². The van der Waals surface area contributed by atoms with E-state index in [0.717, 1.165) is 13.0 Å². The summed E-state index contributed by atoms with van der Waals surface area (Å²) in [6.45, 7) is 3.88. The van der Waals surface area contributed by atoms with E-state index in [0.29, 0.717) is 19.1 Å². The van der Waals surface area contributed by atoms with E-state index in [1.54, 1.807) is 0 Å². The van der Waals surface area contributed by atoms with Crippen molar-refractivity contribution in [2.24, 2.45) is 0 Å². The van der Waals surface area contributed by atoms with Crippen LogP contribution in [-0.4, -0.2) is 25.2 Å². The summed E-state index contributed by atoms with van der Waals surface area (Å²) < 4.78 is 4.90. The Kier molecular flexibility index (Phi) is 7.23. The number of ether oxygens (including phenoxy) is 1. The van der Waals surface area contributed by atoms with Gasteiger partial charge in [-0.1, -0.05) is 39.0 Å². The van der Waals surface area contributed by atoms with Crippen LogP contribution >= 0.6 is 0 Å². The third-order valence-corrected chi connectivity index (χ3v) is 3.11. The first-order chi connectivity index (χ1) is 7.83. The maximum absolute atomic E-state index is 11.0. The smallest absolute Gasteiger partial charge is 0.307 e. The van der Waals surface area contributed by atoms with E-state index >= 15 is 0 Å². The highest BCUT2D eigenvalue weighted by molar-refractivity contribution is 5.70. The molecule has 0 radical (unpaired) electrons. The largest absolute Gasteiger partial charge is 0.466 e. The van der Waals surface area contributed by atoms with Crippen LogP contribution in [0.15, 0.2) is 0 Å². The van der Waals surface area contributed by atoms with Gasteiger partial charge in [0.15, 0.2) is 0 Å².